The predicted octanol–water partition coefficient (Wildman–Crippen LogP) is 2.92. The summed E-state index contributed by atoms with van der Waals surface area (Å²) in [6.07, 6.45) is -4.61. The fourth-order valence-electron chi connectivity index (χ4n) is 2.58. The number of alkyl halides is 3. The van der Waals surface area contributed by atoms with Crippen LogP contribution < -0.4 is 5.32 Å². The van der Waals surface area contributed by atoms with Crippen molar-refractivity contribution in [3.63, 3.8) is 0 Å². The van der Waals surface area contributed by atoms with E-state index in [1.165, 1.54) is 17.0 Å². The van der Waals surface area contributed by atoms with Gasteiger partial charge in [-0.05, 0) is 18.2 Å². The van der Waals surface area contributed by atoms with Crippen molar-refractivity contribution in [1.82, 2.24) is 4.90 Å². The van der Waals surface area contributed by atoms with Crippen LogP contribution in [0.5, 0.6) is 0 Å². The maximum atomic E-state index is 12.9. The fraction of sp³-hybridized carbons (Fsp3) is 0.250. The molecule has 0 radical (unpaired) electrons. The minimum atomic E-state index is -4.61. The molecule has 0 atom stereocenters. The summed E-state index contributed by atoms with van der Waals surface area (Å²) in [5.41, 5.74) is -1.32. The lowest BCUT2D eigenvalue weighted by Crippen LogP contribution is -2.54. The van der Waals surface area contributed by atoms with Gasteiger partial charge in [0.25, 0.3) is 5.91 Å². The van der Waals surface area contributed by atoms with E-state index in [4.69, 9.17) is 4.42 Å². The average molecular weight is 383 g/mol. The molecule has 2 heterocycles. The summed E-state index contributed by atoms with van der Waals surface area (Å²) in [5.74, 6) is -2.82. The third-order valence-electron chi connectivity index (χ3n) is 4.01. The number of halogens is 3. The minimum absolute atomic E-state index is 0.0344. The summed E-state index contributed by atoms with van der Waals surface area (Å²) in [6, 6.07) is 6.76. The zero-order valence-electron chi connectivity index (χ0n) is 13.5. The number of benzene rings is 1. The summed E-state index contributed by atoms with van der Waals surface area (Å²) in [7, 11) is 0. The molecule has 27 heavy (non-hydrogen) atoms. The third-order valence-corrected chi connectivity index (χ3v) is 4.01. The average Bonchev–Trinajstić information content (AvgIpc) is 3.03. The highest BCUT2D eigenvalue weighted by atomic mass is 19.4. The quantitative estimate of drug-likeness (QED) is 0.646. The Morgan fingerprint density at radius 1 is 1.19 bits per heavy atom. The first-order valence-electron chi connectivity index (χ1n) is 7.67. The Labute approximate surface area is 149 Å². The molecule has 1 aromatic carbocycles. The molecule has 0 saturated carbocycles. The van der Waals surface area contributed by atoms with Crippen LogP contribution in [0.2, 0.25) is 0 Å². The van der Waals surface area contributed by atoms with Crippen LogP contribution in [0.4, 0.5) is 24.7 Å². The highest BCUT2D eigenvalue weighted by Crippen LogP contribution is 2.35. The number of amides is 2. The zero-order chi connectivity index (χ0) is 19.8. The third kappa shape index (κ3) is 3.76. The van der Waals surface area contributed by atoms with Crippen LogP contribution in [-0.2, 0) is 11.0 Å². The van der Waals surface area contributed by atoms with Crippen LogP contribution in [0.1, 0.15) is 16.1 Å². The molecule has 3 rings (SSSR count). The lowest BCUT2D eigenvalue weighted by molar-refractivity contribution is -0.402. The Kier molecular flexibility index (Phi) is 4.60. The number of hydrogen-bond donors (Lipinski definition) is 1. The van der Waals surface area contributed by atoms with Gasteiger partial charge in [0.2, 0.25) is 5.91 Å². The first-order chi connectivity index (χ1) is 12.7. The van der Waals surface area contributed by atoms with Crippen molar-refractivity contribution in [1.29, 1.82) is 0 Å². The smallest absolute Gasteiger partial charge is 0.395 e. The SMILES string of the molecule is O=C(Nc1ccccc1C(F)(F)F)C1CN(C(=O)c2ccc([N+](=O)[O-])o2)C1. The molecular formula is C16H12F3N3O5. The number of hydrogen-bond acceptors (Lipinski definition) is 5. The van der Waals surface area contributed by atoms with E-state index in [9.17, 15) is 32.9 Å². The van der Waals surface area contributed by atoms with Crippen molar-refractivity contribution in [2.45, 2.75) is 6.18 Å². The molecule has 1 N–H and O–H groups in total. The maximum absolute atomic E-state index is 12.9. The molecule has 0 bridgehead atoms. The van der Waals surface area contributed by atoms with Gasteiger partial charge < -0.3 is 14.6 Å². The standard InChI is InChI=1S/C16H12F3N3O5/c17-16(18,19)10-3-1-2-4-11(10)20-14(23)9-7-21(8-9)15(24)12-5-6-13(27-12)22(25)26/h1-6,9H,7-8H2,(H,20,23). The molecule has 2 aromatic rings. The molecule has 0 aliphatic carbocycles. The van der Waals surface area contributed by atoms with Crippen molar-refractivity contribution in [2.24, 2.45) is 5.92 Å². The van der Waals surface area contributed by atoms with Crippen LogP contribution in [0.15, 0.2) is 40.8 Å². The molecule has 1 aliphatic heterocycles. The van der Waals surface area contributed by atoms with Gasteiger partial charge in [0.05, 0.1) is 23.2 Å². The van der Waals surface area contributed by atoms with Crippen molar-refractivity contribution in [3.8, 4) is 0 Å². The Balaban J connectivity index is 1.60. The van der Waals surface area contributed by atoms with Crippen LogP contribution >= 0.6 is 0 Å². The van der Waals surface area contributed by atoms with E-state index in [1.807, 2.05) is 0 Å². The molecule has 0 unspecified atom stereocenters. The molecule has 1 fully saturated rings. The molecule has 8 nitrogen and oxygen atoms in total. The lowest BCUT2D eigenvalue weighted by Gasteiger charge is -2.37. The molecule has 0 spiro atoms. The van der Waals surface area contributed by atoms with Crippen molar-refractivity contribution in [2.75, 3.05) is 18.4 Å². The van der Waals surface area contributed by atoms with Gasteiger partial charge in [-0.1, -0.05) is 12.1 Å². The van der Waals surface area contributed by atoms with Crippen molar-refractivity contribution < 1.29 is 32.1 Å². The number of nitrogens with one attached hydrogen (secondary N) is 1. The highest BCUT2D eigenvalue weighted by molar-refractivity contribution is 5.97. The number of nitro groups is 1. The highest BCUT2D eigenvalue weighted by Gasteiger charge is 2.39. The number of carbonyl (C=O) groups is 2. The van der Waals surface area contributed by atoms with Gasteiger partial charge in [0, 0.05) is 13.1 Å². The Morgan fingerprint density at radius 2 is 1.85 bits per heavy atom. The lowest BCUT2D eigenvalue weighted by atomic mass is 9.98. The van der Waals surface area contributed by atoms with E-state index in [2.05, 4.69) is 5.32 Å². The topological polar surface area (TPSA) is 106 Å². The summed E-state index contributed by atoms with van der Waals surface area (Å²) in [4.78, 5) is 35.2. The molecular weight excluding hydrogens is 371 g/mol. The van der Waals surface area contributed by atoms with Gasteiger partial charge in [-0.15, -0.1) is 0 Å². The van der Waals surface area contributed by atoms with Crippen LogP contribution in [-0.4, -0.2) is 34.7 Å². The number of nitrogens with zero attached hydrogens (tertiary/aromatic N) is 2. The maximum Gasteiger partial charge on any atom is 0.433 e. The number of likely N-dealkylation sites (tertiary alicyclic amines) is 1. The molecule has 1 aromatic heterocycles. The number of furan rings is 1. The summed E-state index contributed by atoms with van der Waals surface area (Å²) >= 11 is 0. The first kappa shape index (κ1) is 18.4. The minimum Gasteiger partial charge on any atom is -0.395 e. The van der Waals surface area contributed by atoms with Gasteiger partial charge in [-0.3, -0.25) is 19.7 Å². The number of rotatable bonds is 4. The molecule has 1 saturated heterocycles. The van der Waals surface area contributed by atoms with E-state index >= 15 is 0 Å². The van der Waals surface area contributed by atoms with Crippen molar-refractivity contribution >= 4 is 23.4 Å². The van der Waals surface area contributed by atoms with Crippen LogP contribution in [0.25, 0.3) is 0 Å². The summed E-state index contributed by atoms with van der Waals surface area (Å²) in [5, 5.41) is 12.8. The fourth-order valence-corrected chi connectivity index (χ4v) is 2.58. The van der Waals surface area contributed by atoms with E-state index in [1.54, 1.807) is 0 Å². The summed E-state index contributed by atoms with van der Waals surface area (Å²) < 4.78 is 43.6. The van der Waals surface area contributed by atoms with E-state index in [-0.39, 0.29) is 24.5 Å². The second-order valence-electron chi connectivity index (χ2n) is 5.83. The van der Waals surface area contributed by atoms with Gasteiger partial charge in [0.1, 0.15) is 4.92 Å². The Hall–Kier alpha value is -3.37. The van der Waals surface area contributed by atoms with Crippen LogP contribution in [0, 0.1) is 16.0 Å². The second-order valence-corrected chi connectivity index (χ2v) is 5.83. The van der Waals surface area contributed by atoms with Gasteiger partial charge in [-0.2, -0.15) is 13.2 Å². The molecule has 2 amide bonds. The largest absolute Gasteiger partial charge is 0.433 e. The van der Waals surface area contributed by atoms with E-state index in [0.29, 0.717) is 0 Å². The van der Waals surface area contributed by atoms with E-state index < -0.39 is 40.3 Å². The zero-order valence-corrected chi connectivity index (χ0v) is 13.5. The molecule has 142 valence electrons. The van der Waals surface area contributed by atoms with Gasteiger partial charge in [-0.25, -0.2) is 0 Å². The van der Waals surface area contributed by atoms with Gasteiger partial charge in [0.15, 0.2) is 5.76 Å². The second kappa shape index (κ2) is 6.74. The Bertz CT molecular complexity index is 903. The Morgan fingerprint density at radius 3 is 2.44 bits per heavy atom. The van der Waals surface area contributed by atoms with Crippen molar-refractivity contribution in [3.05, 3.63) is 57.8 Å². The predicted molar refractivity (Wildman–Crippen MR) is 84.8 cm³/mol. The molecule has 1 aliphatic rings. The normalized spacial score (nSPS) is 14.6. The van der Waals surface area contributed by atoms with Gasteiger partial charge >= 0.3 is 12.1 Å². The number of carbonyl (C=O) groups excluding carboxylic acids is 2. The first-order valence-corrected chi connectivity index (χ1v) is 7.67. The monoisotopic (exact) mass is 383 g/mol. The van der Waals surface area contributed by atoms with Crippen LogP contribution in [0.3, 0.4) is 0 Å². The number of anilines is 1. The number of para-hydroxylation sites is 1. The molecule has 11 heteroatoms. The van der Waals surface area contributed by atoms with E-state index in [0.717, 1.165) is 24.3 Å². The summed E-state index contributed by atoms with van der Waals surface area (Å²) in [6.45, 7) is -0.0688.